The standard InChI is InChI=1S/C23H39N5O2.HI/c1-18-10-8-9-15-28(18)17-20-12-7-6-11-19(20)16-27-21(24-5)25-13-14-26-22(29)30-23(2,3)4;/h6-7,11-12,18H,8-10,13-17H2,1-5H3,(H,26,29)(H2,24,25,27);1H. The van der Waals surface area contributed by atoms with Crippen LogP contribution < -0.4 is 16.0 Å². The number of nitrogens with zero attached hydrogens (tertiary/aromatic N) is 2. The van der Waals surface area contributed by atoms with Crippen LogP contribution >= 0.6 is 24.0 Å². The molecule has 0 bridgehead atoms. The lowest BCUT2D eigenvalue weighted by Crippen LogP contribution is -2.42. The van der Waals surface area contributed by atoms with Crippen molar-refractivity contribution in [1.82, 2.24) is 20.9 Å². The van der Waals surface area contributed by atoms with Crippen molar-refractivity contribution >= 4 is 36.0 Å². The number of nitrogens with one attached hydrogen (secondary N) is 3. The molecular formula is C23H40IN5O2. The van der Waals surface area contributed by atoms with Crippen molar-refractivity contribution in [2.24, 2.45) is 4.99 Å². The van der Waals surface area contributed by atoms with Crippen LogP contribution in [0.4, 0.5) is 4.79 Å². The van der Waals surface area contributed by atoms with Gasteiger partial charge in [0.25, 0.3) is 0 Å². The Morgan fingerprint density at radius 3 is 2.45 bits per heavy atom. The Labute approximate surface area is 204 Å². The van der Waals surface area contributed by atoms with Crippen LogP contribution in [0.2, 0.25) is 0 Å². The molecule has 176 valence electrons. The second-order valence-electron chi connectivity index (χ2n) is 8.87. The van der Waals surface area contributed by atoms with Gasteiger partial charge in [-0.25, -0.2) is 4.79 Å². The molecule has 0 aliphatic carbocycles. The van der Waals surface area contributed by atoms with E-state index >= 15 is 0 Å². The summed E-state index contributed by atoms with van der Waals surface area (Å²) in [5, 5.41) is 9.34. The fourth-order valence-electron chi connectivity index (χ4n) is 3.55. The molecule has 0 radical (unpaired) electrons. The molecule has 8 heteroatoms. The summed E-state index contributed by atoms with van der Waals surface area (Å²) in [6.07, 6.45) is 3.51. The molecule has 1 aliphatic heterocycles. The van der Waals surface area contributed by atoms with E-state index in [1.165, 1.54) is 36.9 Å². The largest absolute Gasteiger partial charge is 0.444 e. The number of amides is 1. The van der Waals surface area contributed by atoms with Gasteiger partial charge in [0, 0.05) is 39.3 Å². The van der Waals surface area contributed by atoms with Gasteiger partial charge in [0.2, 0.25) is 0 Å². The molecular weight excluding hydrogens is 505 g/mol. The second-order valence-corrected chi connectivity index (χ2v) is 8.87. The summed E-state index contributed by atoms with van der Waals surface area (Å²) in [5.41, 5.74) is 2.15. The highest BCUT2D eigenvalue weighted by atomic mass is 127. The number of alkyl carbamates (subject to hydrolysis) is 1. The highest BCUT2D eigenvalue weighted by Crippen LogP contribution is 2.20. The summed E-state index contributed by atoms with van der Waals surface area (Å²) in [5.74, 6) is 0.710. The van der Waals surface area contributed by atoms with Gasteiger partial charge in [0.15, 0.2) is 5.96 Å². The zero-order chi connectivity index (χ0) is 22.0. The van der Waals surface area contributed by atoms with Crippen LogP contribution in [-0.4, -0.2) is 55.3 Å². The quantitative estimate of drug-likeness (QED) is 0.210. The lowest BCUT2D eigenvalue weighted by molar-refractivity contribution is 0.0529. The highest BCUT2D eigenvalue weighted by Gasteiger charge is 2.19. The third-order valence-corrected chi connectivity index (χ3v) is 5.19. The molecule has 1 amide bonds. The average Bonchev–Trinajstić information content (AvgIpc) is 2.69. The fraction of sp³-hybridized carbons (Fsp3) is 0.652. The molecule has 1 unspecified atom stereocenters. The summed E-state index contributed by atoms with van der Waals surface area (Å²) in [4.78, 5) is 18.6. The van der Waals surface area contributed by atoms with E-state index in [0.717, 1.165) is 6.54 Å². The van der Waals surface area contributed by atoms with Gasteiger partial charge < -0.3 is 20.7 Å². The number of guanidine groups is 1. The normalized spacial score (nSPS) is 17.5. The first kappa shape index (κ1) is 27.5. The van der Waals surface area contributed by atoms with E-state index in [4.69, 9.17) is 4.74 Å². The summed E-state index contributed by atoms with van der Waals surface area (Å²) < 4.78 is 5.23. The van der Waals surface area contributed by atoms with Crippen LogP contribution in [0.3, 0.4) is 0 Å². The van der Waals surface area contributed by atoms with E-state index in [0.29, 0.717) is 31.6 Å². The number of ether oxygens (including phenoxy) is 1. The van der Waals surface area contributed by atoms with Gasteiger partial charge in [-0.1, -0.05) is 30.7 Å². The fourth-order valence-corrected chi connectivity index (χ4v) is 3.55. The third kappa shape index (κ3) is 10.5. The first-order valence-electron chi connectivity index (χ1n) is 11.0. The summed E-state index contributed by atoms with van der Waals surface area (Å²) >= 11 is 0. The number of likely N-dealkylation sites (tertiary alicyclic amines) is 1. The number of piperidine rings is 1. The third-order valence-electron chi connectivity index (χ3n) is 5.19. The van der Waals surface area contributed by atoms with Gasteiger partial charge in [-0.15, -0.1) is 24.0 Å². The molecule has 1 atom stereocenters. The van der Waals surface area contributed by atoms with Gasteiger partial charge >= 0.3 is 6.09 Å². The zero-order valence-corrected chi connectivity index (χ0v) is 22.0. The number of carbonyl (C=O) groups excluding carboxylic acids is 1. The molecule has 1 aromatic rings. The SMILES string of the molecule is CN=C(NCCNC(=O)OC(C)(C)C)NCc1ccccc1CN1CCCCC1C.I. The Balaban J connectivity index is 0.00000480. The summed E-state index contributed by atoms with van der Waals surface area (Å²) in [7, 11) is 1.75. The van der Waals surface area contributed by atoms with Crippen molar-refractivity contribution in [3.63, 3.8) is 0 Å². The van der Waals surface area contributed by atoms with Gasteiger partial charge in [-0.2, -0.15) is 0 Å². The van der Waals surface area contributed by atoms with Crippen LogP contribution in [0.15, 0.2) is 29.3 Å². The molecule has 0 aromatic heterocycles. The van der Waals surface area contributed by atoms with E-state index in [9.17, 15) is 4.79 Å². The number of halogens is 1. The Morgan fingerprint density at radius 2 is 1.81 bits per heavy atom. The maximum absolute atomic E-state index is 11.7. The molecule has 0 spiro atoms. The number of rotatable bonds is 7. The van der Waals surface area contributed by atoms with Crippen LogP contribution in [0.25, 0.3) is 0 Å². The van der Waals surface area contributed by atoms with Crippen LogP contribution in [-0.2, 0) is 17.8 Å². The van der Waals surface area contributed by atoms with Gasteiger partial charge in [0.05, 0.1) is 0 Å². The molecule has 1 heterocycles. The number of hydrogen-bond donors (Lipinski definition) is 3. The second kappa shape index (κ2) is 13.8. The molecule has 1 aliphatic rings. The molecule has 2 rings (SSSR count). The highest BCUT2D eigenvalue weighted by molar-refractivity contribution is 14.0. The van der Waals surface area contributed by atoms with Gasteiger partial charge in [-0.05, 0) is 58.2 Å². The predicted octanol–water partition coefficient (Wildman–Crippen LogP) is 3.87. The molecule has 0 saturated carbocycles. The maximum atomic E-state index is 11.7. The Morgan fingerprint density at radius 1 is 1.13 bits per heavy atom. The Kier molecular flexibility index (Phi) is 12.2. The molecule has 1 aromatic carbocycles. The zero-order valence-electron chi connectivity index (χ0n) is 19.7. The average molecular weight is 546 g/mol. The minimum absolute atomic E-state index is 0. The van der Waals surface area contributed by atoms with E-state index in [-0.39, 0.29) is 24.0 Å². The number of hydrogen-bond acceptors (Lipinski definition) is 4. The number of carbonyl (C=O) groups is 1. The van der Waals surface area contributed by atoms with Crippen LogP contribution in [0.1, 0.15) is 58.1 Å². The lowest BCUT2D eigenvalue weighted by atomic mass is 10.0. The van der Waals surface area contributed by atoms with E-state index in [1.54, 1.807) is 7.05 Å². The van der Waals surface area contributed by atoms with E-state index in [2.05, 4.69) is 57.0 Å². The predicted molar refractivity (Wildman–Crippen MR) is 138 cm³/mol. The van der Waals surface area contributed by atoms with Crippen molar-refractivity contribution in [3.05, 3.63) is 35.4 Å². The van der Waals surface area contributed by atoms with Gasteiger partial charge in [0.1, 0.15) is 5.60 Å². The van der Waals surface area contributed by atoms with E-state index < -0.39 is 11.7 Å². The smallest absolute Gasteiger partial charge is 0.407 e. The molecule has 31 heavy (non-hydrogen) atoms. The van der Waals surface area contributed by atoms with Crippen molar-refractivity contribution < 1.29 is 9.53 Å². The van der Waals surface area contributed by atoms with E-state index in [1.807, 2.05) is 20.8 Å². The summed E-state index contributed by atoms with van der Waals surface area (Å²) in [6.45, 7) is 11.8. The van der Waals surface area contributed by atoms with Crippen molar-refractivity contribution in [2.75, 3.05) is 26.7 Å². The summed E-state index contributed by atoms with van der Waals surface area (Å²) in [6, 6.07) is 9.24. The molecule has 3 N–H and O–H groups in total. The maximum Gasteiger partial charge on any atom is 0.407 e. The lowest BCUT2D eigenvalue weighted by Gasteiger charge is -2.33. The molecule has 1 saturated heterocycles. The van der Waals surface area contributed by atoms with Crippen LogP contribution in [0, 0.1) is 0 Å². The first-order chi connectivity index (χ1) is 14.3. The Bertz CT molecular complexity index is 705. The number of aliphatic imine (C=N–C) groups is 1. The van der Waals surface area contributed by atoms with Crippen molar-refractivity contribution in [3.8, 4) is 0 Å². The first-order valence-corrected chi connectivity index (χ1v) is 11.0. The van der Waals surface area contributed by atoms with Gasteiger partial charge in [-0.3, -0.25) is 9.89 Å². The topological polar surface area (TPSA) is 78.0 Å². The monoisotopic (exact) mass is 545 g/mol. The minimum Gasteiger partial charge on any atom is -0.444 e. The van der Waals surface area contributed by atoms with Crippen molar-refractivity contribution in [1.29, 1.82) is 0 Å². The molecule has 1 fully saturated rings. The Hall–Kier alpha value is -1.55. The van der Waals surface area contributed by atoms with Crippen LogP contribution in [0.5, 0.6) is 0 Å². The van der Waals surface area contributed by atoms with Crippen molar-refractivity contribution in [2.45, 2.75) is 71.7 Å². The number of benzene rings is 1. The molecule has 7 nitrogen and oxygen atoms in total. The minimum atomic E-state index is -0.492.